The van der Waals surface area contributed by atoms with Crippen LogP contribution in [-0.2, 0) is 6.42 Å². The highest BCUT2D eigenvalue weighted by atomic mass is 35.5. The Morgan fingerprint density at radius 2 is 2.17 bits per heavy atom. The average molecular weight is 265 g/mol. The van der Waals surface area contributed by atoms with Gasteiger partial charge in [-0.2, -0.15) is 0 Å². The summed E-state index contributed by atoms with van der Waals surface area (Å²) >= 11 is 5.57. The van der Waals surface area contributed by atoms with E-state index in [1.54, 1.807) is 19.1 Å². The van der Waals surface area contributed by atoms with E-state index in [2.05, 4.69) is 9.97 Å². The molecule has 2 rings (SSSR count). The number of carbonyl (C=O) groups is 1. The Morgan fingerprint density at radius 1 is 1.39 bits per heavy atom. The smallest absolute Gasteiger partial charge is 0.185 e. The lowest BCUT2D eigenvalue weighted by atomic mass is 10.1. The molecule has 0 N–H and O–H groups in total. The SMILES string of the molecule is Cc1nccc(C(=O)Cc2ccc(Cl)c(F)c2)n1. The first-order chi connectivity index (χ1) is 8.56. The minimum Gasteiger partial charge on any atom is -0.292 e. The van der Waals surface area contributed by atoms with Crippen LogP contribution in [0, 0.1) is 12.7 Å². The predicted molar refractivity (Wildman–Crippen MR) is 66.2 cm³/mol. The molecule has 0 amide bonds. The number of ketones is 1. The lowest BCUT2D eigenvalue weighted by Gasteiger charge is -2.02. The maximum atomic E-state index is 13.2. The topological polar surface area (TPSA) is 42.9 Å². The van der Waals surface area contributed by atoms with Gasteiger partial charge in [0.25, 0.3) is 0 Å². The first-order valence-electron chi connectivity index (χ1n) is 5.33. The molecule has 0 radical (unpaired) electrons. The summed E-state index contributed by atoms with van der Waals surface area (Å²) in [6, 6.07) is 5.86. The van der Waals surface area contributed by atoms with Crippen molar-refractivity contribution in [3.8, 4) is 0 Å². The molecule has 1 aromatic carbocycles. The second-order valence-corrected chi connectivity index (χ2v) is 4.24. The number of halogens is 2. The summed E-state index contributed by atoms with van der Waals surface area (Å²) in [5.74, 6) is -0.175. The van der Waals surface area contributed by atoms with E-state index in [0.29, 0.717) is 17.1 Å². The average Bonchev–Trinajstić information content (AvgIpc) is 2.34. The maximum absolute atomic E-state index is 13.2. The monoisotopic (exact) mass is 264 g/mol. The van der Waals surface area contributed by atoms with E-state index < -0.39 is 5.82 Å². The number of Topliss-reactive ketones (excluding diaryl/α,β-unsaturated/α-hetero) is 1. The van der Waals surface area contributed by atoms with Gasteiger partial charge in [-0.05, 0) is 30.7 Å². The van der Waals surface area contributed by atoms with Crippen molar-refractivity contribution in [2.75, 3.05) is 0 Å². The Labute approximate surface area is 109 Å². The molecule has 0 aliphatic rings. The molecule has 18 heavy (non-hydrogen) atoms. The molecule has 0 saturated carbocycles. The Bertz CT molecular complexity index is 601. The number of carbonyl (C=O) groups excluding carboxylic acids is 1. The van der Waals surface area contributed by atoms with E-state index >= 15 is 0 Å². The summed E-state index contributed by atoms with van der Waals surface area (Å²) in [5.41, 5.74) is 0.899. The fourth-order valence-corrected chi connectivity index (χ4v) is 1.65. The van der Waals surface area contributed by atoms with Gasteiger partial charge in [-0.1, -0.05) is 17.7 Å². The zero-order valence-electron chi connectivity index (χ0n) is 9.65. The number of aromatic nitrogens is 2. The van der Waals surface area contributed by atoms with Crippen molar-refractivity contribution in [2.45, 2.75) is 13.3 Å². The molecule has 3 nitrogen and oxygen atoms in total. The third kappa shape index (κ3) is 2.90. The van der Waals surface area contributed by atoms with Gasteiger partial charge < -0.3 is 0 Å². The summed E-state index contributed by atoms with van der Waals surface area (Å²) in [5, 5.41) is 0.0454. The zero-order chi connectivity index (χ0) is 13.1. The van der Waals surface area contributed by atoms with Crippen LogP contribution in [0.3, 0.4) is 0 Å². The van der Waals surface area contributed by atoms with E-state index in [0.717, 1.165) is 0 Å². The number of hydrogen-bond acceptors (Lipinski definition) is 3. The van der Waals surface area contributed by atoms with Gasteiger partial charge in [0.05, 0.1) is 5.02 Å². The van der Waals surface area contributed by atoms with Crippen molar-refractivity contribution in [3.63, 3.8) is 0 Å². The van der Waals surface area contributed by atoms with E-state index in [1.807, 2.05) is 0 Å². The highest BCUT2D eigenvalue weighted by molar-refractivity contribution is 6.30. The molecule has 1 heterocycles. The number of rotatable bonds is 3. The Kier molecular flexibility index (Phi) is 3.67. The highest BCUT2D eigenvalue weighted by Gasteiger charge is 2.10. The van der Waals surface area contributed by atoms with Gasteiger partial charge in [0, 0.05) is 12.6 Å². The maximum Gasteiger partial charge on any atom is 0.185 e. The highest BCUT2D eigenvalue weighted by Crippen LogP contribution is 2.16. The van der Waals surface area contributed by atoms with Gasteiger partial charge in [0.1, 0.15) is 17.3 Å². The molecule has 0 unspecified atom stereocenters. The number of benzene rings is 1. The van der Waals surface area contributed by atoms with E-state index in [1.165, 1.54) is 18.3 Å². The van der Waals surface area contributed by atoms with Crippen molar-refractivity contribution in [2.24, 2.45) is 0 Å². The lowest BCUT2D eigenvalue weighted by molar-refractivity contribution is 0.0988. The van der Waals surface area contributed by atoms with Crippen LogP contribution in [0.2, 0.25) is 5.02 Å². The molecule has 0 bridgehead atoms. The molecule has 0 saturated heterocycles. The molecular weight excluding hydrogens is 255 g/mol. The van der Waals surface area contributed by atoms with Crippen LogP contribution in [-0.4, -0.2) is 15.8 Å². The molecular formula is C13H10ClFN2O. The van der Waals surface area contributed by atoms with Gasteiger partial charge in [-0.3, -0.25) is 4.79 Å². The Balaban J connectivity index is 2.18. The van der Waals surface area contributed by atoms with E-state index in [4.69, 9.17) is 11.6 Å². The first kappa shape index (κ1) is 12.6. The van der Waals surface area contributed by atoms with Crippen LogP contribution in [0.4, 0.5) is 4.39 Å². The minimum atomic E-state index is -0.527. The predicted octanol–water partition coefficient (Wildman–Crippen LogP) is 3.00. The second-order valence-electron chi connectivity index (χ2n) is 3.84. The van der Waals surface area contributed by atoms with Gasteiger partial charge in [-0.25, -0.2) is 14.4 Å². The number of hydrogen-bond donors (Lipinski definition) is 0. The van der Waals surface area contributed by atoms with Crippen molar-refractivity contribution >= 4 is 17.4 Å². The third-order valence-corrected chi connectivity index (χ3v) is 2.72. The molecule has 2 aromatic rings. The van der Waals surface area contributed by atoms with Gasteiger partial charge in [0.2, 0.25) is 0 Å². The van der Waals surface area contributed by atoms with Crippen molar-refractivity contribution in [1.82, 2.24) is 9.97 Å². The summed E-state index contributed by atoms with van der Waals surface area (Å²) in [6.45, 7) is 1.71. The normalized spacial score (nSPS) is 10.4. The van der Waals surface area contributed by atoms with Crippen LogP contribution in [0.25, 0.3) is 0 Å². The van der Waals surface area contributed by atoms with Crippen molar-refractivity contribution < 1.29 is 9.18 Å². The first-order valence-corrected chi connectivity index (χ1v) is 5.71. The Hall–Kier alpha value is -1.81. The van der Waals surface area contributed by atoms with Crippen LogP contribution in [0.1, 0.15) is 21.9 Å². The van der Waals surface area contributed by atoms with Crippen molar-refractivity contribution in [3.05, 3.63) is 58.4 Å². The van der Waals surface area contributed by atoms with Crippen LogP contribution in [0.15, 0.2) is 30.5 Å². The lowest BCUT2D eigenvalue weighted by Crippen LogP contribution is -2.07. The molecule has 0 spiro atoms. The summed E-state index contributed by atoms with van der Waals surface area (Å²) < 4.78 is 13.2. The zero-order valence-corrected chi connectivity index (χ0v) is 10.4. The summed E-state index contributed by atoms with van der Waals surface area (Å²) in [7, 11) is 0. The van der Waals surface area contributed by atoms with Crippen LogP contribution in [0.5, 0.6) is 0 Å². The largest absolute Gasteiger partial charge is 0.292 e. The van der Waals surface area contributed by atoms with Crippen LogP contribution < -0.4 is 0 Å². The van der Waals surface area contributed by atoms with Crippen LogP contribution >= 0.6 is 11.6 Å². The molecule has 0 atom stereocenters. The summed E-state index contributed by atoms with van der Waals surface area (Å²) in [6.07, 6.45) is 1.61. The van der Waals surface area contributed by atoms with Gasteiger partial charge >= 0.3 is 0 Å². The van der Waals surface area contributed by atoms with Crippen molar-refractivity contribution in [1.29, 1.82) is 0 Å². The van der Waals surface area contributed by atoms with Gasteiger partial charge in [0.15, 0.2) is 5.78 Å². The Morgan fingerprint density at radius 3 is 2.83 bits per heavy atom. The molecule has 0 fully saturated rings. The number of aryl methyl sites for hydroxylation is 1. The standard InChI is InChI=1S/C13H10ClFN2O/c1-8-16-5-4-12(17-8)13(18)7-9-2-3-10(14)11(15)6-9/h2-6H,7H2,1H3. The second kappa shape index (κ2) is 5.23. The van der Waals surface area contributed by atoms with E-state index in [9.17, 15) is 9.18 Å². The third-order valence-electron chi connectivity index (χ3n) is 2.41. The fraction of sp³-hybridized carbons (Fsp3) is 0.154. The molecule has 0 aliphatic carbocycles. The minimum absolute atomic E-state index is 0.0454. The number of nitrogens with zero attached hydrogens (tertiary/aromatic N) is 2. The quantitative estimate of drug-likeness (QED) is 0.801. The van der Waals surface area contributed by atoms with E-state index in [-0.39, 0.29) is 17.2 Å². The summed E-state index contributed by atoms with van der Waals surface area (Å²) in [4.78, 5) is 19.9. The molecule has 5 heteroatoms. The fourth-order valence-electron chi connectivity index (χ4n) is 1.54. The molecule has 1 aromatic heterocycles. The van der Waals surface area contributed by atoms with Gasteiger partial charge in [-0.15, -0.1) is 0 Å². The molecule has 0 aliphatic heterocycles. The molecule has 92 valence electrons.